The van der Waals surface area contributed by atoms with Crippen molar-refractivity contribution in [1.29, 1.82) is 0 Å². The second-order valence-corrected chi connectivity index (χ2v) is 12.2. The van der Waals surface area contributed by atoms with Crippen molar-refractivity contribution >= 4 is 23.9 Å². The largest absolute Gasteiger partial charge is 0.393 e. The Hall–Kier alpha value is -3.02. The van der Waals surface area contributed by atoms with Crippen LogP contribution in [0.1, 0.15) is 77.0 Å². The lowest BCUT2D eigenvalue weighted by molar-refractivity contribution is -0.155. The van der Waals surface area contributed by atoms with Crippen LogP contribution in [0.15, 0.2) is 55.7 Å². The lowest BCUT2D eigenvalue weighted by Gasteiger charge is -2.39. The second-order valence-electron chi connectivity index (χ2n) is 12.2. The Morgan fingerprint density at radius 1 is 0.333 bits per heavy atom. The molecule has 6 aliphatic carbocycles. The Labute approximate surface area is 209 Å². The van der Waals surface area contributed by atoms with Crippen LogP contribution in [0.25, 0.3) is 0 Å². The Balaban J connectivity index is 0.988. The average Bonchev–Trinajstić information content (AvgIpc) is 3.29. The third kappa shape index (κ3) is 2.96. The third-order valence-corrected chi connectivity index (χ3v) is 10.4. The molecule has 0 N–H and O–H groups in total. The minimum Gasteiger partial charge on any atom is -0.393 e. The number of carbonyl (C=O) groups is 4. The summed E-state index contributed by atoms with van der Waals surface area (Å²) >= 11 is 0. The summed E-state index contributed by atoms with van der Waals surface area (Å²) < 4.78 is 9.92. The Morgan fingerprint density at radius 2 is 0.528 bits per heavy atom. The molecule has 2 saturated heterocycles. The summed E-state index contributed by atoms with van der Waals surface area (Å²) in [5, 5.41) is 0. The van der Waals surface area contributed by atoms with E-state index in [-0.39, 0.29) is 47.5 Å². The van der Waals surface area contributed by atoms with Crippen LogP contribution in [0.3, 0.4) is 0 Å². The first kappa shape index (κ1) is 21.1. The number of cyclic esters (lactones) is 4. The highest BCUT2D eigenvalue weighted by Crippen LogP contribution is 2.54. The van der Waals surface area contributed by atoms with Crippen LogP contribution in [0, 0.1) is 23.7 Å². The minimum atomic E-state index is -0.327. The van der Waals surface area contributed by atoms with E-state index in [9.17, 15) is 19.2 Å². The minimum absolute atomic E-state index is 0.272. The van der Waals surface area contributed by atoms with E-state index in [0.29, 0.717) is 25.7 Å². The first-order chi connectivity index (χ1) is 17.4. The maximum absolute atomic E-state index is 12.2. The highest BCUT2D eigenvalue weighted by atomic mass is 16.6. The number of hydrogen-bond donors (Lipinski definition) is 0. The van der Waals surface area contributed by atoms with Crippen molar-refractivity contribution in [3.8, 4) is 0 Å². The summed E-state index contributed by atoms with van der Waals surface area (Å²) in [5.41, 5.74) is 14.8. The van der Waals surface area contributed by atoms with Crippen LogP contribution in [-0.2, 0) is 28.7 Å². The lowest BCUT2D eigenvalue weighted by Crippen LogP contribution is -2.28. The van der Waals surface area contributed by atoms with Crippen molar-refractivity contribution in [2.24, 2.45) is 23.7 Å². The van der Waals surface area contributed by atoms with Crippen molar-refractivity contribution in [3.63, 3.8) is 0 Å². The quantitative estimate of drug-likeness (QED) is 0.277. The molecule has 0 bridgehead atoms. The van der Waals surface area contributed by atoms with Crippen molar-refractivity contribution < 1.29 is 28.7 Å². The Bertz CT molecular complexity index is 1180. The van der Waals surface area contributed by atoms with Gasteiger partial charge in [-0.15, -0.1) is 0 Å². The molecule has 2 aliphatic heterocycles. The van der Waals surface area contributed by atoms with Crippen LogP contribution in [0.2, 0.25) is 0 Å². The number of carbonyl (C=O) groups excluding carboxylic acids is 4. The third-order valence-electron chi connectivity index (χ3n) is 10.4. The topological polar surface area (TPSA) is 86.7 Å². The molecule has 0 aromatic rings. The summed E-state index contributed by atoms with van der Waals surface area (Å²) in [4.78, 5) is 48.6. The van der Waals surface area contributed by atoms with Gasteiger partial charge < -0.3 is 9.47 Å². The maximum atomic E-state index is 12.2. The smallest absolute Gasteiger partial charge is 0.317 e. The number of hydrogen-bond acceptors (Lipinski definition) is 6. The first-order valence-electron chi connectivity index (χ1n) is 13.4. The lowest BCUT2D eigenvalue weighted by atomic mass is 9.64. The zero-order chi connectivity index (χ0) is 24.3. The number of fused-ring (bicyclic) bond motifs is 2. The molecule has 0 aromatic heterocycles. The normalized spacial score (nSPS) is 35.1. The maximum Gasteiger partial charge on any atom is 0.317 e. The van der Waals surface area contributed by atoms with E-state index in [1.807, 2.05) is 0 Å². The molecule has 0 radical (unpaired) electrons. The molecule has 0 unspecified atom stereocenters. The van der Waals surface area contributed by atoms with Crippen molar-refractivity contribution in [1.82, 2.24) is 0 Å². The molecule has 2 heterocycles. The molecular formula is C30H28O6. The van der Waals surface area contributed by atoms with Crippen LogP contribution < -0.4 is 0 Å². The first-order valence-corrected chi connectivity index (χ1v) is 13.4. The number of ether oxygens (including phenoxy) is 2. The van der Waals surface area contributed by atoms with Crippen molar-refractivity contribution in [2.45, 2.75) is 77.0 Å². The van der Waals surface area contributed by atoms with E-state index in [0.717, 1.165) is 51.4 Å². The summed E-state index contributed by atoms with van der Waals surface area (Å²) in [6.45, 7) is 0. The zero-order valence-corrected chi connectivity index (χ0v) is 20.2. The molecule has 0 aromatic carbocycles. The van der Waals surface area contributed by atoms with Crippen molar-refractivity contribution in [3.05, 3.63) is 55.7 Å². The average molecular weight is 485 g/mol. The van der Waals surface area contributed by atoms with Crippen LogP contribution in [-0.4, -0.2) is 23.9 Å². The fourth-order valence-corrected chi connectivity index (χ4v) is 8.42. The van der Waals surface area contributed by atoms with Gasteiger partial charge in [-0.05, 0) is 77.0 Å². The van der Waals surface area contributed by atoms with E-state index in [1.165, 1.54) is 44.6 Å². The van der Waals surface area contributed by atoms with Gasteiger partial charge in [-0.2, -0.15) is 0 Å². The van der Waals surface area contributed by atoms with Crippen LogP contribution in [0.5, 0.6) is 0 Å². The number of esters is 4. The van der Waals surface area contributed by atoms with E-state index in [2.05, 4.69) is 0 Å². The van der Waals surface area contributed by atoms with Gasteiger partial charge in [0, 0.05) is 0 Å². The highest BCUT2D eigenvalue weighted by Gasteiger charge is 2.49. The molecular weight excluding hydrogens is 456 g/mol. The summed E-state index contributed by atoms with van der Waals surface area (Å²) in [6, 6.07) is 0. The van der Waals surface area contributed by atoms with Gasteiger partial charge in [0.1, 0.15) is 0 Å². The summed E-state index contributed by atoms with van der Waals surface area (Å²) in [5.74, 6) is -2.39. The van der Waals surface area contributed by atoms with Crippen LogP contribution >= 0.6 is 0 Å². The van der Waals surface area contributed by atoms with E-state index < -0.39 is 0 Å². The Morgan fingerprint density at radius 3 is 0.750 bits per heavy atom. The van der Waals surface area contributed by atoms with Gasteiger partial charge in [-0.25, -0.2) is 0 Å². The fourth-order valence-electron chi connectivity index (χ4n) is 8.42. The Kier molecular flexibility index (Phi) is 4.26. The predicted octanol–water partition coefficient (Wildman–Crippen LogP) is 4.86. The van der Waals surface area contributed by atoms with Gasteiger partial charge in [0.05, 0.1) is 23.7 Å². The highest BCUT2D eigenvalue weighted by molar-refractivity contribution is 5.97. The van der Waals surface area contributed by atoms with Gasteiger partial charge in [-0.1, -0.05) is 55.7 Å². The van der Waals surface area contributed by atoms with Gasteiger partial charge in [0.2, 0.25) is 0 Å². The second kappa shape index (κ2) is 7.27. The predicted molar refractivity (Wildman–Crippen MR) is 127 cm³/mol. The SMILES string of the molecule is O=C1OC(=O)[C@H]2CC3=C(CC4=C(CC5=C(C4)CC4=C(C5)CC5=C(C4)C[C@@H]4C(=O)OC(=O)[C@@H]4C5)C3)C[C@H]12. The molecule has 6 heteroatoms. The van der Waals surface area contributed by atoms with E-state index in [4.69, 9.17) is 9.47 Å². The molecule has 8 rings (SSSR count). The summed E-state index contributed by atoms with van der Waals surface area (Å²) in [7, 11) is 0. The van der Waals surface area contributed by atoms with Crippen LogP contribution in [0.4, 0.5) is 0 Å². The van der Waals surface area contributed by atoms with Gasteiger partial charge in [0.25, 0.3) is 0 Å². The molecule has 36 heavy (non-hydrogen) atoms. The standard InChI is InChI=1S/C30H28O6/c31-27-23-9-19-5-15-1-13-2-17-7-21-11-25-26(30(34)36-29(25)33)12-22(21)8-18(17)4-14(13)3-16(15)6-20(19)10-24(23)28(32)35-27/h23-26H,1-12H2/t23-,24-,25-,26+/m0/s1. The molecule has 0 amide bonds. The zero-order valence-electron chi connectivity index (χ0n) is 20.2. The molecule has 2 fully saturated rings. The molecule has 0 saturated carbocycles. The number of allylic oxidation sites excluding steroid dienone is 10. The van der Waals surface area contributed by atoms with E-state index >= 15 is 0 Å². The molecule has 184 valence electrons. The molecule has 4 atom stereocenters. The van der Waals surface area contributed by atoms with Crippen molar-refractivity contribution in [2.75, 3.05) is 0 Å². The van der Waals surface area contributed by atoms with Gasteiger partial charge in [0.15, 0.2) is 0 Å². The monoisotopic (exact) mass is 484 g/mol. The fraction of sp³-hybridized carbons (Fsp3) is 0.533. The van der Waals surface area contributed by atoms with Gasteiger partial charge >= 0.3 is 23.9 Å². The molecule has 0 spiro atoms. The molecule has 8 aliphatic rings. The molecule has 6 nitrogen and oxygen atoms in total. The summed E-state index contributed by atoms with van der Waals surface area (Å²) in [6.07, 6.45) is 10.7. The van der Waals surface area contributed by atoms with E-state index in [1.54, 1.807) is 11.1 Å². The van der Waals surface area contributed by atoms with Gasteiger partial charge in [-0.3, -0.25) is 19.2 Å². The number of rotatable bonds is 0.